The van der Waals surface area contributed by atoms with Crippen molar-refractivity contribution in [2.24, 2.45) is 5.92 Å². The highest BCUT2D eigenvalue weighted by molar-refractivity contribution is 6.29. The van der Waals surface area contributed by atoms with E-state index in [1.165, 1.54) is 6.07 Å². The van der Waals surface area contributed by atoms with Gasteiger partial charge in [-0.15, -0.1) is 0 Å². The fourth-order valence-corrected chi connectivity index (χ4v) is 2.55. The number of aromatic nitrogens is 1. The van der Waals surface area contributed by atoms with E-state index in [2.05, 4.69) is 10.3 Å². The third-order valence-electron chi connectivity index (χ3n) is 3.48. The van der Waals surface area contributed by atoms with Gasteiger partial charge in [-0.25, -0.2) is 4.98 Å². The molecule has 1 heterocycles. The highest BCUT2D eigenvalue weighted by Crippen LogP contribution is 2.31. The van der Waals surface area contributed by atoms with E-state index in [0.29, 0.717) is 31.4 Å². The average Bonchev–Trinajstić information content (AvgIpc) is 2.39. The van der Waals surface area contributed by atoms with Crippen LogP contribution in [0.2, 0.25) is 5.15 Å². The molecule has 1 aliphatic carbocycles. The first-order chi connectivity index (χ1) is 9.47. The summed E-state index contributed by atoms with van der Waals surface area (Å²) in [7, 11) is 0. The summed E-state index contributed by atoms with van der Waals surface area (Å²) in [5.41, 5.74) is 0.198. The Morgan fingerprint density at radius 3 is 2.65 bits per heavy atom. The molecule has 0 atom stereocenters. The van der Waals surface area contributed by atoms with Gasteiger partial charge in [-0.3, -0.25) is 14.9 Å². The summed E-state index contributed by atoms with van der Waals surface area (Å²) in [5, 5.41) is 23.1. The van der Waals surface area contributed by atoms with Crippen molar-refractivity contribution < 1.29 is 14.8 Å². The van der Waals surface area contributed by atoms with Gasteiger partial charge in [-0.05, 0) is 25.7 Å². The second-order valence-electron chi connectivity index (χ2n) is 4.81. The molecule has 7 nitrogen and oxygen atoms in total. The van der Waals surface area contributed by atoms with Crippen molar-refractivity contribution in [2.75, 3.05) is 5.32 Å². The maximum absolute atomic E-state index is 10.9. The summed E-state index contributed by atoms with van der Waals surface area (Å²) < 4.78 is 0. The first-order valence-electron chi connectivity index (χ1n) is 6.26. The van der Waals surface area contributed by atoms with E-state index in [9.17, 15) is 14.9 Å². The van der Waals surface area contributed by atoms with Crippen LogP contribution in [0.1, 0.15) is 25.7 Å². The van der Waals surface area contributed by atoms with Crippen LogP contribution in [0.15, 0.2) is 12.3 Å². The van der Waals surface area contributed by atoms with Crippen LogP contribution in [-0.4, -0.2) is 27.0 Å². The van der Waals surface area contributed by atoms with E-state index in [4.69, 9.17) is 16.7 Å². The van der Waals surface area contributed by atoms with Gasteiger partial charge in [0, 0.05) is 12.1 Å². The zero-order valence-corrected chi connectivity index (χ0v) is 11.3. The molecule has 108 valence electrons. The summed E-state index contributed by atoms with van der Waals surface area (Å²) in [6, 6.07) is 1.44. The Labute approximate surface area is 120 Å². The monoisotopic (exact) mass is 299 g/mol. The predicted molar refractivity (Wildman–Crippen MR) is 72.9 cm³/mol. The molecule has 1 saturated carbocycles. The lowest BCUT2D eigenvalue weighted by Crippen LogP contribution is -2.29. The van der Waals surface area contributed by atoms with Crippen molar-refractivity contribution in [1.82, 2.24) is 4.98 Å². The van der Waals surface area contributed by atoms with Gasteiger partial charge >= 0.3 is 11.7 Å². The zero-order chi connectivity index (χ0) is 14.7. The van der Waals surface area contributed by atoms with Crippen molar-refractivity contribution >= 4 is 28.9 Å². The number of halogens is 1. The zero-order valence-electron chi connectivity index (χ0n) is 10.6. The molecule has 0 amide bonds. The second-order valence-corrected chi connectivity index (χ2v) is 5.20. The number of pyridine rings is 1. The quantitative estimate of drug-likeness (QED) is 0.503. The van der Waals surface area contributed by atoms with Crippen LogP contribution in [0.3, 0.4) is 0 Å². The van der Waals surface area contributed by atoms with E-state index in [1.807, 2.05) is 0 Å². The topological polar surface area (TPSA) is 105 Å². The lowest BCUT2D eigenvalue weighted by Gasteiger charge is -2.27. The third kappa shape index (κ3) is 3.36. The molecule has 0 unspecified atom stereocenters. The number of hydrogen-bond acceptors (Lipinski definition) is 5. The van der Waals surface area contributed by atoms with Crippen LogP contribution >= 0.6 is 11.6 Å². The maximum Gasteiger partial charge on any atom is 0.310 e. The second kappa shape index (κ2) is 6.04. The minimum atomic E-state index is -0.776. The highest BCUT2D eigenvalue weighted by Gasteiger charge is 2.27. The average molecular weight is 300 g/mol. The number of carbonyl (C=O) groups is 1. The highest BCUT2D eigenvalue weighted by atomic mass is 35.5. The minimum Gasteiger partial charge on any atom is -0.481 e. The van der Waals surface area contributed by atoms with Crippen LogP contribution < -0.4 is 5.32 Å². The number of carboxylic acid groups (broad SMARTS) is 1. The van der Waals surface area contributed by atoms with E-state index >= 15 is 0 Å². The smallest absolute Gasteiger partial charge is 0.310 e. The number of nitro groups is 1. The Balaban J connectivity index is 2.06. The summed E-state index contributed by atoms with van der Waals surface area (Å²) in [4.78, 5) is 25.0. The van der Waals surface area contributed by atoms with Crippen LogP contribution in [0, 0.1) is 16.0 Å². The molecule has 0 bridgehead atoms. The molecule has 1 aromatic rings. The molecule has 0 spiro atoms. The van der Waals surface area contributed by atoms with Gasteiger partial charge in [0.15, 0.2) is 0 Å². The van der Waals surface area contributed by atoms with Crippen LogP contribution in [-0.2, 0) is 4.79 Å². The van der Waals surface area contributed by atoms with E-state index < -0.39 is 10.9 Å². The first kappa shape index (κ1) is 14.5. The van der Waals surface area contributed by atoms with E-state index in [1.54, 1.807) is 0 Å². The molecule has 8 heteroatoms. The molecule has 1 fully saturated rings. The molecule has 0 radical (unpaired) electrons. The SMILES string of the molecule is O=C(O)C1CCC(Nc2cc(Cl)ncc2[N+](=O)[O-])CC1. The number of aliphatic carboxylic acids is 1. The van der Waals surface area contributed by atoms with Crippen LogP contribution in [0.25, 0.3) is 0 Å². The van der Waals surface area contributed by atoms with Crippen molar-refractivity contribution in [1.29, 1.82) is 0 Å². The van der Waals surface area contributed by atoms with Crippen LogP contribution in [0.4, 0.5) is 11.4 Å². The predicted octanol–water partition coefficient (Wildman–Crippen LogP) is 2.70. The number of nitrogens with one attached hydrogen (secondary N) is 1. The number of carboxylic acids is 1. The van der Waals surface area contributed by atoms with Crippen molar-refractivity contribution in [2.45, 2.75) is 31.7 Å². The molecular formula is C12H14ClN3O4. The Morgan fingerprint density at radius 2 is 2.10 bits per heavy atom. The molecule has 2 rings (SSSR count). The largest absolute Gasteiger partial charge is 0.481 e. The molecule has 1 aliphatic rings. The summed E-state index contributed by atoms with van der Waals surface area (Å²) >= 11 is 5.75. The lowest BCUT2D eigenvalue weighted by molar-refractivity contribution is -0.384. The van der Waals surface area contributed by atoms with E-state index in [-0.39, 0.29) is 22.8 Å². The van der Waals surface area contributed by atoms with Gasteiger partial charge in [0.25, 0.3) is 0 Å². The number of anilines is 1. The summed E-state index contributed by atoms with van der Waals surface area (Å²) in [6.45, 7) is 0. The summed E-state index contributed by atoms with van der Waals surface area (Å²) in [6.07, 6.45) is 3.58. The minimum absolute atomic E-state index is 0.0165. The Hall–Kier alpha value is -1.89. The van der Waals surface area contributed by atoms with Gasteiger partial charge in [0.1, 0.15) is 17.0 Å². The molecule has 1 aromatic heterocycles. The Kier molecular flexibility index (Phi) is 4.39. The first-order valence-corrected chi connectivity index (χ1v) is 6.64. The van der Waals surface area contributed by atoms with Gasteiger partial charge < -0.3 is 10.4 Å². The number of hydrogen-bond donors (Lipinski definition) is 2. The molecule has 20 heavy (non-hydrogen) atoms. The molecule has 0 saturated heterocycles. The fraction of sp³-hybridized carbons (Fsp3) is 0.500. The van der Waals surface area contributed by atoms with Gasteiger partial charge in [0.05, 0.1) is 10.8 Å². The lowest BCUT2D eigenvalue weighted by atomic mass is 9.86. The number of nitrogens with zero attached hydrogens (tertiary/aromatic N) is 2. The normalized spacial score (nSPS) is 22.2. The van der Waals surface area contributed by atoms with Crippen molar-refractivity contribution in [3.8, 4) is 0 Å². The van der Waals surface area contributed by atoms with Crippen LogP contribution in [0.5, 0.6) is 0 Å². The molecule has 0 aromatic carbocycles. The van der Waals surface area contributed by atoms with Crippen molar-refractivity contribution in [3.63, 3.8) is 0 Å². The van der Waals surface area contributed by atoms with Crippen molar-refractivity contribution in [3.05, 3.63) is 27.5 Å². The standard InChI is InChI=1S/C12H14ClN3O4/c13-11-5-9(10(6-14-11)16(19)20)15-8-3-1-7(2-4-8)12(17)18/h5-8H,1-4H2,(H,14,15)(H,17,18). The van der Waals surface area contributed by atoms with Gasteiger partial charge in [-0.2, -0.15) is 0 Å². The molecule has 2 N–H and O–H groups in total. The maximum atomic E-state index is 10.9. The fourth-order valence-electron chi connectivity index (χ4n) is 2.39. The van der Waals surface area contributed by atoms with Gasteiger partial charge in [0.2, 0.25) is 0 Å². The Morgan fingerprint density at radius 1 is 1.45 bits per heavy atom. The third-order valence-corrected chi connectivity index (χ3v) is 3.69. The molecular weight excluding hydrogens is 286 g/mol. The Bertz CT molecular complexity index is 529. The van der Waals surface area contributed by atoms with Gasteiger partial charge in [-0.1, -0.05) is 11.6 Å². The summed E-state index contributed by atoms with van der Waals surface area (Å²) in [5.74, 6) is -1.09. The molecule has 0 aliphatic heterocycles. The van der Waals surface area contributed by atoms with E-state index in [0.717, 1.165) is 6.20 Å². The number of rotatable bonds is 4.